The first-order valence-corrected chi connectivity index (χ1v) is 7.73. The highest BCUT2D eigenvalue weighted by atomic mass is 16.5. The molecule has 3 aliphatic heterocycles. The van der Waals surface area contributed by atoms with Gasteiger partial charge in [0.05, 0.1) is 6.61 Å². The van der Waals surface area contributed by atoms with Crippen molar-refractivity contribution in [3.8, 4) is 5.75 Å². The zero-order valence-corrected chi connectivity index (χ0v) is 12.5. The molecule has 114 valence electrons. The Morgan fingerprint density at radius 2 is 2.19 bits per heavy atom. The van der Waals surface area contributed by atoms with Gasteiger partial charge in [0, 0.05) is 18.3 Å². The summed E-state index contributed by atoms with van der Waals surface area (Å²) in [5, 5.41) is 3.17. The molecule has 5 nitrogen and oxygen atoms in total. The van der Waals surface area contributed by atoms with Crippen molar-refractivity contribution in [1.82, 2.24) is 10.2 Å². The number of nitrogens with one attached hydrogen (secondary N) is 1. The van der Waals surface area contributed by atoms with Gasteiger partial charge in [0.25, 0.3) is 5.91 Å². The molecule has 3 N–H and O–H groups in total. The Labute approximate surface area is 125 Å². The molecule has 0 aromatic heterocycles. The lowest BCUT2D eigenvalue weighted by atomic mass is 9.84. The minimum Gasteiger partial charge on any atom is -0.493 e. The molecule has 1 aromatic rings. The molecule has 0 radical (unpaired) electrons. The summed E-state index contributed by atoms with van der Waals surface area (Å²) in [4.78, 5) is 15.0. The first kappa shape index (κ1) is 14.2. The van der Waals surface area contributed by atoms with Gasteiger partial charge in [0.2, 0.25) is 0 Å². The van der Waals surface area contributed by atoms with Gasteiger partial charge in [0.15, 0.2) is 0 Å². The molecule has 1 unspecified atom stereocenters. The summed E-state index contributed by atoms with van der Waals surface area (Å²) in [6.45, 7) is 5.69. The van der Waals surface area contributed by atoms with E-state index in [9.17, 15) is 4.79 Å². The summed E-state index contributed by atoms with van der Waals surface area (Å²) in [6.07, 6.45) is 2.35. The minimum absolute atomic E-state index is 0.115. The smallest absolute Gasteiger partial charge is 0.257 e. The molecule has 0 saturated carbocycles. The third-order valence-corrected chi connectivity index (χ3v) is 4.56. The van der Waals surface area contributed by atoms with E-state index < -0.39 is 0 Å². The van der Waals surface area contributed by atoms with Crippen LogP contribution in [-0.4, -0.2) is 43.1 Å². The van der Waals surface area contributed by atoms with Crippen LogP contribution in [-0.2, 0) is 0 Å². The van der Waals surface area contributed by atoms with Crippen LogP contribution < -0.4 is 15.8 Å². The van der Waals surface area contributed by atoms with Crippen LogP contribution in [0.4, 0.5) is 5.69 Å². The number of amides is 1. The number of ether oxygens (including phenoxy) is 1. The largest absolute Gasteiger partial charge is 0.493 e. The van der Waals surface area contributed by atoms with E-state index in [0.717, 1.165) is 19.6 Å². The molecular formula is C16H23N3O2. The Balaban J connectivity index is 1.76. The van der Waals surface area contributed by atoms with E-state index in [4.69, 9.17) is 10.5 Å². The third kappa shape index (κ3) is 2.83. The Morgan fingerprint density at radius 1 is 1.43 bits per heavy atom. The number of anilines is 1. The number of benzene rings is 1. The molecule has 3 aliphatic rings. The second kappa shape index (κ2) is 5.93. The highest BCUT2D eigenvalue weighted by Gasteiger charge is 2.35. The number of nitrogen functional groups attached to an aromatic ring is 1. The van der Waals surface area contributed by atoms with E-state index in [0.29, 0.717) is 29.5 Å². The fraction of sp³-hybridized carbons (Fsp3) is 0.562. The first-order valence-electron chi connectivity index (χ1n) is 7.73. The van der Waals surface area contributed by atoms with Crippen molar-refractivity contribution in [2.24, 2.45) is 5.92 Å². The third-order valence-electron chi connectivity index (χ3n) is 4.56. The van der Waals surface area contributed by atoms with Gasteiger partial charge in [0.1, 0.15) is 11.3 Å². The molecule has 3 saturated heterocycles. The number of carbonyl (C=O) groups excluding carboxylic acids is 1. The Kier molecular flexibility index (Phi) is 4.01. The first-order chi connectivity index (χ1) is 10.2. The van der Waals surface area contributed by atoms with Crippen LogP contribution in [0.25, 0.3) is 0 Å². The van der Waals surface area contributed by atoms with Crippen molar-refractivity contribution in [1.29, 1.82) is 0 Å². The van der Waals surface area contributed by atoms with Gasteiger partial charge < -0.3 is 20.7 Å². The lowest BCUT2D eigenvalue weighted by molar-refractivity contribution is 0.0619. The van der Waals surface area contributed by atoms with Crippen molar-refractivity contribution < 1.29 is 9.53 Å². The number of piperidine rings is 3. The van der Waals surface area contributed by atoms with Crippen LogP contribution in [0.15, 0.2) is 18.2 Å². The second-order valence-electron chi connectivity index (χ2n) is 5.87. The molecule has 1 amide bonds. The summed E-state index contributed by atoms with van der Waals surface area (Å²) >= 11 is 0. The molecule has 1 aromatic carbocycles. The van der Waals surface area contributed by atoms with Crippen LogP contribution in [0.5, 0.6) is 5.75 Å². The number of fused-ring (bicyclic) bond motifs is 3. The quantitative estimate of drug-likeness (QED) is 0.824. The minimum atomic E-state index is -0.115. The van der Waals surface area contributed by atoms with E-state index in [1.54, 1.807) is 12.1 Å². The van der Waals surface area contributed by atoms with E-state index >= 15 is 0 Å². The molecule has 21 heavy (non-hydrogen) atoms. The predicted octanol–water partition coefficient (Wildman–Crippen LogP) is 1.49. The fourth-order valence-corrected chi connectivity index (χ4v) is 3.44. The van der Waals surface area contributed by atoms with Crippen molar-refractivity contribution in [2.75, 3.05) is 32.0 Å². The van der Waals surface area contributed by atoms with Gasteiger partial charge in [-0.3, -0.25) is 4.79 Å². The van der Waals surface area contributed by atoms with Crippen LogP contribution in [0.3, 0.4) is 0 Å². The van der Waals surface area contributed by atoms with Crippen LogP contribution in [0, 0.1) is 5.92 Å². The summed E-state index contributed by atoms with van der Waals surface area (Å²) in [6, 6.07) is 5.58. The molecule has 5 heteroatoms. The highest BCUT2D eigenvalue weighted by molar-refractivity contribution is 6.02. The van der Waals surface area contributed by atoms with Gasteiger partial charge >= 0.3 is 0 Å². The normalized spacial score (nSPS) is 27.4. The van der Waals surface area contributed by atoms with E-state index in [-0.39, 0.29) is 11.9 Å². The molecule has 3 heterocycles. The number of carbonyl (C=O) groups is 1. The number of rotatable bonds is 4. The lowest BCUT2D eigenvalue weighted by Crippen LogP contribution is -2.57. The Bertz CT molecular complexity index is 524. The zero-order valence-electron chi connectivity index (χ0n) is 12.5. The van der Waals surface area contributed by atoms with Gasteiger partial charge in [-0.25, -0.2) is 0 Å². The van der Waals surface area contributed by atoms with E-state index in [2.05, 4.69) is 10.2 Å². The lowest BCUT2D eigenvalue weighted by Gasteiger charge is -2.45. The Hall–Kier alpha value is -1.75. The molecular weight excluding hydrogens is 266 g/mol. The highest BCUT2D eigenvalue weighted by Crippen LogP contribution is 2.29. The summed E-state index contributed by atoms with van der Waals surface area (Å²) in [7, 11) is 0. The monoisotopic (exact) mass is 289 g/mol. The SMILES string of the molecule is CCOc1cccc(N)c1C(=O)NC1CN2CCC1CC2. The zero-order chi connectivity index (χ0) is 14.8. The molecule has 0 aliphatic carbocycles. The maximum Gasteiger partial charge on any atom is 0.257 e. The topological polar surface area (TPSA) is 67.6 Å². The van der Waals surface area contributed by atoms with Crippen molar-refractivity contribution >= 4 is 11.6 Å². The van der Waals surface area contributed by atoms with E-state index in [1.807, 2.05) is 13.0 Å². The average molecular weight is 289 g/mol. The number of nitrogens with two attached hydrogens (primary N) is 1. The number of nitrogens with zero attached hydrogens (tertiary/aromatic N) is 1. The van der Waals surface area contributed by atoms with E-state index in [1.165, 1.54) is 12.8 Å². The number of hydrogen-bond acceptors (Lipinski definition) is 4. The molecule has 2 bridgehead atoms. The van der Waals surface area contributed by atoms with Gasteiger partial charge in [-0.15, -0.1) is 0 Å². The van der Waals surface area contributed by atoms with Crippen LogP contribution >= 0.6 is 0 Å². The van der Waals surface area contributed by atoms with Crippen molar-refractivity contribution in [3.05, 3.63) is 23.8 Å². The van der Waals surface area contributed by atoms with Gasteiger partial charge in [-0.05, 0) is 50.9 Å². The summed E-state index contributed by atoms with van der Waals surface area (Å²) in [5.41, 5.74) is 6.92. The van der Waals surface area contributed by atoms with Crippen LogP contribution in [0.1, 0.15) is 30.1 Å². The van der Waals surface area contributed by atoms with Crippen molar-refractivity contribution in [3.63, 3.8) is 0 Å². The molecule has 0 spiro atoms. The average Bonchev–Trinajstić information content (AvgIpc) is 2.49. The molecule has 4 rings (SSSR count). The molecule has 3 fully saturated rings. The van der Waals surface area contributed by atoms with Crippen LogP contribution in [0.2, 0.25) is 0 Å². The van der Waals surface area contributed by atoms with Gasteiger partial charge in [-0.2, -0.15) is 0 Å². The summed E-state index contributed by atoms with van der Waals surface area (Å²) < 4.78 is 5.54. The predicted molar refractivity (Wildman–Crippen MR) is 82.4 cm³/mol. The number of hydrogen-bond donors (Lipinski definition) is 2. The maximum atomic E-state index is 12.6. The Morgan fingerprint density at radius 3 is 2.81 bits per heavy atom. The second-order valence-corrected chi connectivity index (χ2v) is 5.87. The standard InChI is InChI=1S/C16H23N3O2/c1-2-21-14-5-3-4-12(17)15(14)16(20)18-13-10-19-8-6-11(13)7-9-19/h3-5,11,13H,2,6-10,17H2,1H3,(H,18,20). The maximum absolute atomic E-state index is 12.6. The summed E-state index contributed by atoms with van der Waals surface area (Å²) in [5.74, 6) is 1.05. The van der Waals surface area contributed by atoms with Crippen molar-refractivity contribution in [2.45, 2.75) is 25.8 Å². The fourth-order valence-electron chi connectivity index (χ4n) is 3.44. The molecule has 1 atom stereocenters. The van der Waals surface area contributed by atoms with Gasteiger partial charge in [-0.1, -0.05) is 6.07 Å².